The standard InChI is InChI=1S/C22H28N4O3/c1-12(19-14-8-6-7-9-17(14)24-13(2)25-19)23-20(27)18-15-10-26(11-16(15)18)21(28)29-22(3,4)5/h6-9,12,15-16,18H,10-11H2,1-5H3,(H,23,27). The third kappa shape index (κ3) is 3.91. The van der Waals surface area contributed by atoms with Gasteiger partial charge >= 0.3 is 6.09 Å². The Kier molecular flexibility index (Phi) is 4.71. The number of ether oxygens (including phenoxy) is 1. The molecule has 3 unspecified atom stereocenters. The van der Waals surface area contributed by atoms with Gasteiger partial charge in [-0.25, -0.2) is 14.8 Å². The molecular weight excluding hydrogens is 368 g/mol. The van der Waals surface area contributed by atoms with Crippen molar-refractivity contribution in [3.05, 3.63) is 35.8 Å². The Hall–Kier alpha value is -2.70. The Morgan fingerprint density at radius 1 is 1.17 bits per heavy atom. The molecule has 1 N–H and O–H groups in total. The quantitative estimate of drug-likeness (QED) is 0.861. The Bertz CT molecular complexity index is 956. The fourth-order valence-corrected chi connectivity index (χ4v) is 4.32. The minimum absolute atomic E-state index is 0.0367. The smallest absolute Gasteiger partial charge is 0.410 e. The lowest BCUT2D eigenvalue weighted by Gasteiger charge is -2.26. The van der Waals surface area contributed by atoms with Gasteiger partial charge in [0.25, 0.3) is 0 Å². The molecule has 2 heterocycles. The summed E-state index contributed by atoms with van der Waals surface area (Å²) >= 11 is 0. The van der Waals surface area contributed by atoms with E-state index in [1.165, 1.54) is 0 Å². The van der Waals surface area contributed by atoms with Crippen LogP contribution in [0.15, 0.2) is 24.3 Å². The number of nitrogens with one attached hydrogen (secondary N) is 1. The summed E-state index contributed by atoms with van der Waals surface area (Å²) in [5.74, 6) is 1.13. The van der Waals surface area contributed by atoms with Crippen molar-refractivity contribution in [3.63, 3.8) is 0 Å². The molecule has 7 nitrogen and oxygen atoms in total. The van der Waals surface area contributed by atoms with Crippen LogP contribution >= 0.6 is 0 Å². The summed E-state index contributed by atoms with van der Waals surface area (Å²) in [5, 5.41) is 4.08. The van der Waals surface area contributed by atoms with E-state index in [-0.39, 0.29) is 35.8 Å². The van der Waals surface area contributed by atoms with E-state index >= 15 is 0 Å². The van der Waals surface area contributed by atoms with Gasteiger partial charge in [-0.3, -0.25) is 4.79 Å². The van der Waals surface area contributed by atoms with Gasteiger partial charge in [0.1, 0.15) is 11.4 Å². The lowest BCUT2D eigenvalue weighted by Crippen LogP contribution is -2.39. The van der Waals surface area contributed by atoms with Gasteiger partial charge in [0.05, 0.1) is 17.3 Å². The number of para-hydroxylation sites is 1. The minimum atomic E-state index is -0.505. The second-order valence-corrected chi connectivity index (χ2v) is 9.14. The number of benzene rings is 1. The number of aromatic nitrogens is 2. The van der Waals surface area contributed by atoms with Gasteiger partial charge in [0, 0.05) is 24.4 Å². The molecule has 1 aromatic carbocycles. The van der Waals surface area contributed by atoms with Crippen molar-refractivity contribution in [1.82, 2.24) is 20.2 Å². The number of likely N-dealkylation sites (tertiary alicyclic amines) is 1. The van der Waals surface area contributed by atoms with Crippen molar-refractivity contribution < 1.29 is 14.3 Å². The van der Waals surface area contributed by atoms with E-state index in [9.17, 15) is 9.59 Å². The first-order valence-electron chi connectivity index (χ1n) is 10.2. The van der Waals surface area contributed by atoms with E-state index in [1.54, 1.807) is 4.90 Å². The van der Waals surface area contributed by atoms with Crippen LogP contribution in [-0.2, 0) is 9.53 Å². The van der Waals surface area contributed by atoms with Crippen LogP contribution in [0, 0.1) is 24.7 Å². The highest BCUT2D eigenvalue weighted by atomic mass is 16.6. The van der Waals surface area contributed by atoms with Crippen molar-refractivity contribution >= 4 is 22.9 Å². The molecule has 1 aliphatic heterocycles. The molecule has 2 aromatic rings. The van der Waals surface area contributed by atoms with Crippen LogP contribution in [0.25, 0.3) is 10.9 Å². The third-order valence-electron chi connectivity index (χ3n) is 5.66. The zero-order chi connectivity index (χ0) is 20.9. The minimum Gasteiger partial charge on any atom is -0.444 e. The number of rotatable bonds is 3. The van der Waals surface area contributed by atoms with Crippen molar-refractivity contribution in [2.24, 2.45) is 17.8 Å². The van der Waals surface area contributed by atoms with E-state index in [2.05, 4.69) is 15.3 Å². The van der Waals surface area contributed by atoms with Gasteiger partial charge in [-0.1, -0.05) is 18.2 Å². The van der Waals surface area contributed by atoms with Crippen molar-refractivity contribution in [3.8, 4) is 0 Å². The van der Waals surface area contributed by atoms with E-state index < -0.39 is 5.60 Å². The largest absolute Gasteiger partial charge is 0.444 e. The van der Waals surface area contributed by atoms with Crippen molar-refractivity contribution in [2.75, 3.05) is 13.1 Å². The molecule has 7 heteroatoms. The Balaban J connectivity index is 1.38. The summed E-state index contributed by atoms with van der Waals surface area (Å²) < 4.78 is 5.43. The fraction of sp³-hybridized carbons (Fsp3) is 0.545. The van der Waals surface area contributed by atoms with Gasteiger partial charge in [-0.2, -0.15) is 0 Å². The lowest BCUT2D eigenvalue weighted by atomic mass is 10.1. The molecule has 1 saturated heterocycles. The molecular formula is C22H28N4O3. The molecule has 29 heavy (non-hydrogen) atoms. The Morgan fingerprint density at radius 3 is 2.48 bits per heavy atom. The van der Waals surface area contributed by atoms with E-state index in [4.69, 9.17) is 4.74 Å². The molecule has 4 rings (SSSR count). The van der Waals surface area contributed by atoms with Crippen LogP contribution in [0.1, 0.15) is 45.3 Å². The Labute approximate surface area is 170 Å². The summed E-state index contributed by atoms with van der Waals surface area (Å²) in [6.07, 6.45) is -0.292. The summed E-state index contributed by atoms with van der Waals surface area (Å²) in [5.41, 5.74) is 1.21. The molecule has 0 spiro atoms. The van der Waals surface area contributed by atoms with Crippen molar-refractivity contribution in [1.29, 1.82) is 0 Å². The van der Waals surface area contributed by atoms with Crippen LogP contribution < -0.4 is 5.32 Å². The topological polar surface area (TPSA) is 84.4 Å². The summed E-state index contributed by atoms with van der Waals surface area (Å²) in [7, 11) is 0. The van der Waals surface area contributed by atoms with Crippen LogP contribution in [0.3, 0.4) is 0 Å². The molecule has 2 aliphatic rings. The van der Waals surface area contributed by atoms with Crippen LogP contribution in [0.4, 0.5) is 4.79 Å². The average Bonchev–Trinajstić information content (AvgIpc) is 3.13. The lowest BCUT2D eigenvalue weighted by molar-refractivity contribution is -0.124. The zero-order valence-electron chi connectivity index (χ0n) is 17.6. The SMILES string of the molecule is Cc1nc(C(C)NC(=O)C2C3CN(C(=O)OC(C)(C)C)CC32)c2ccccc2n1. The number of piperidine rings is 1. The fourth-order valence-electron chi connectivity index (χ4n) is 4.32. The van der Waals surface area contributed by atoms with Gasteiger partial charge in [-0.15, -0.1) is 0 Å². The number of carbonyl (C=O) groups excluding carboxylic acids is 2. The van der Waals surface area contributed by atoms with E-state index in [1.807, 2.05) is 58.9 Å². The number of aryl methyl sites for hydroxylation is 1. The molecule has 2 amide bonds. The first kappa shape index (κ1) is 19.6. The zero-order valence-corrected chi connectivity index (χ0v) is 17.6. The number of amides is 2. The predicted molar refractivity (Wildman–Crippen MR) is 109 cm³/mol. The number of hydrogen-bond donors (Lipinski definition) is 1. The number of hydrogen-bond acceptors (Lipinski definition) is 5. The maximum Gasteiger partial charge on any atom is 0.410 e. The first-order valence-corrected chi connectivity index (χ1v) is 10.2. The Morgan fingerprint density at radius 2 is 1.83 bits per heavy atom. The first-order chi connectivity index (χ1) is 13.6. The normalized spacial score (nSPS) is 24.2. The van der Waals surface area contributed by atoms with E-state index in [0.29, 0.717) is 18.9 Å². The van der Waals surface area contributed by atoms with Crippen molar-refractivity contribution in [2.45, 2.75) is 46.3 Å². The molecule has 1 aliphatic carbocycles. The molecule has 0 bridgehead atoms. The highest BCUT2D eigenvalue weighted by molar-refractivity contribution is 5.85. The summed E-state index contributed by atoms with van der Waals surface area (Å²) in [6.45, 7) is 10.6. The summed E-state index contributed by atoms with van der Waals surface area (Å²) in [6, 6.07) is 7.63. The predicted octanol–water partition coefficient (Wildman–Crippen LogP) is 3.23. The number of fused-ring (bicyclic) bond motifs is 2. The number of nitrogens with zero attached hydrogens (tertiary/aromatic N) is 3. The maximum atomic E-state index is 12.8. The average molecular weight is 396 g/mol. The highest BCUT2D eigenvalue weighted by Crippen LogP contribution is 2.52. The highest BCUT2D eigenvalue weighted by Gasteiger charge is 2.60. The molecule has 0 radical (unpaired) electrons. The van der Waals surface area contributed by atoms with Crippen LogP contribution in [0.5, 0.6) is 0 Å². The molecule has 1 aromatic heterocycles. The second kappa shape index (κ2) is 6.97. The van der Waals surface area contributed by atoms with Crippen LogP contribution in [0.2, 0.25) is 0 Å². The monoisotopic (exact) mass is 396 g/mol. The van der Waals surface area contributed by atoms with Gasteiger partial charge < -0.3 is 15.0 Å². The molecule has 3 atom stereocenters. The summed E-state index contributed by atoms with van der Waals surface area (Å²) in [4.78, 5) is 35.8. The van der Waals surface area contributed by atoms with Gasteiger partial charge in [0.2, 0.25) is 5.91 Å². The molecule has 1 saturated carbocycles. The molecule has 154 valence electrons. The van der Waals surface area contributed by atoms with Crippen LogP contribution in [-0.4, -0.2) is 45.6 Å². The van der Waals surface area contributed by atoms with Gasteiger partial charge in [-0.05, 0) is 52.5 Å². The number of carbonyl (C=O) groups is 2. The third-order valence-corrected chi connectivity index (χ3v) is 5.66. The van der Waals surface area contributed by atoms with E-state index in [0.717, 1.165) is 16.6 Å². The molecule has 2 fully saturated rings. The maximum absolute atomic E-state index is 12.8. The second-order valence-electron chi connectivity index (χ2n) is 9.14. The van der Waals surface area contributed by atoms with Gasteiger partial charge in [0.15, 0.2) is 0 Å².